The monoisotopic (exact) mass is 386 g/mol. The van der Waals surface area contributed by atoms with Crippen molar-refractivity contribution >= 4 is 40.4 Å². The van der Waals surface area contributed by atoms with E-state index in [9.17, 15) is 9.59 Å². The van der Waals surface area contributed by atoms with Crippen LogP contribution in [0.1, 0.15) is 31.5 Å². The zero-order chi connectivity index (χ0) is 18.5. The normalized spacial score (nSPS) is 10.4. The van der Waals surface area contributed by atoms with Crippen molar-refractivity contribution in [3.05, 3.63) is 75.0 Å². The lowest BCUT2D eigenvalue weighted by molar-refractivity contribution is 0.0950. The Morgan fingerprint density at radius 3 is 2.69 bits per heavy atom. The van der Waals surface area contributed by atoms with Gasteiger partial charge in [0.2, 0.25) is 0 Å². The summed E-state index contributed by atoms with van der Waals surface area (Å²) >= 11 is 7.60. The van der Waals surface area contributed by atoms with Gasteiger partial charge >= 0.3 is 0 Å². The summed E-state index contributed by atoms with van der Waals surface area (Å²) in [5, 5.41) is 8.22. The minimum absolute atomic E-state index is 0.246. The molecule has 26 heavy (non-hydrogen) atoms. The maximum atomic E-state index is 12.3. The number of thiazole rings is 1. The second-order valence-corrected chi connectivity index (χ2v) is 6.87. The second kappa shape index (κ2) is 8.07. The lowest BCUT2D eigenvalue weighted by Gasteiger charge is -2.09. The van der Waals surface area contributed by atoms with E-state index in [0.717, 1.165) is 10.7 Å². The fraction of sp³-hybridized carbons (Fsp3) is 0.111. The van der Waals surface area contributed by atoms with Crippen LogP contribution in [0.15, 0.2) is 48.0 Å². The highest BCUT2D eigenvalue weighted by Gasteiger charge is 2.14. The molecule has 2 aromatic heterocycles. The number of nitrogens with one attached hydrogen (secondary N) is 2. The van der Waals surface area contributed by atoms with Crippen molar-refractivity contribution in [3.8, 4) is 0 Å². The lowest BCUT2D eigenvalue weighted by Crippen LogP contribution is -2.23. The molecule has 0 bridgehead atoms. The summed E-state index contributed by atoms with van der Waals surface area (Å²) in [5.74, 6) is -0.633. The molecule has 3 aromatic rings. The summed E-state index contributed by atoms with van der Waals surface area (Å²) < 4.78 is 0. The van der Waals surface area contributed by atoms with Crippen molar-refractivity contribution in [3.63, 3.8) is 0 Å². The summed E-state index contributed by atoms with van der Waals surface area (Å²) in [6, 6.07) is 10.2. The van der Waals surface area contributed by atoms with Gasteiger partial charge in [-0.1, -0.05) is 17.7 Å². The number of amides is 2. The van der Waals surface area contributed by atoms with Crippen molar-refractivity contribution < 1.29 is 9.59 Å². The fourth-order valence-electron chi connectivity index (χ4n) is 2.21. The van der Waals surface area contributed by atoms with Gasteiger partial charge < -0.3 is 10.6 Å². The third-order valence-electron chi connectivity index (χ3n) is 3.48. The molecular weight excluding hydrogens is 372 g/mol. The zero-order valence-electron chi connectivity index (χ0n) is 13.8. The topological polar surface area (TPSA) is 84.0 Å². The average Bonchev–Trinajstić information content (AvgIpc) is 3.07. The highest BCUT2D eigenvalue weighted by atomic mass is 35.5. The molecule has 8 heteroatoms. The van der Waals surface area contributed by atoms with Crippen LogP contribution >= 0.6 is 22.9 Å². The molecule has 0 unspecified atom stereocenters. The van der Waals surface area contributed by atoms with Gasteiger partial charge in [-0.25, -0.2) is 4.98 Å². The number of hydrogen-bond acceptors (Lipinski definition) is 5. The van der Waals surface area contributed by atoms with Crippen molar-refractivity contribution in [1.82, 2.24) is 15.3 Å². The van der Waals surface area contributed by atoms with Gasteiger partial charge in [0.15, 0.2) is 0 Å². The van der Waals surface area contributed by atoms with Crippen LogP contribution in [0.5, 0.6) is 0 Å². The number of carbonyl (C=O) groups excluding carboxylic acids is 2. The third-order valence-corrected chi connectivity index (χ3v) is 4.57. The SMILES string of the molecule is Cc1nc(C(=O)Nc2ccc(C(=O)NCc3ccccn3)c(Cl)c2)cs1. The first kappa shape index (κ1) is 18.0. The van der Waals surface area contributed by atoms with Crippen LogP contribution in [-0.4, -0.2) is 21.8 Å². The Morgan fingerprint density at radius 1 is 1.19 bits per heavy atom. The summed E-state index contributed by atoms with van der Waals surface area (Å²) in [7, 11) is 0. The molecule has 2 N–H and O–H groups in total. The molecule has 0 radical (unpaired) electrons. The van der Waals surface area contributed by atoms with E-state index in [0.29, 0.717) is 23.5 Å². The van der Waals surface area contributed by atoms with Crippen molar-refractivity contribution in [1.29, 1.82) is 0 Å². The molecule has 6 nitrogen and oxygen atoms in total. The Labute approximate surface area is 159 Å². The number of halogens is 1. The molecule has 0 fully saturated rings. The summed E-state index contributed by atoms with van der Waals surface area (Å²) in [5.41, 5.74) is 1.91. The zero-order valence-corrected chi connectivity index (χ0v) is 15.4. The third kappa shape index (κ3) is 4.44. The predicted molar refractivity (Wildman–Crippen MR) is 102 cm³/mol. The first-order valence-electron chi connectivity index (χ1n) is 7.74. The Bertz CT molecular complexity index is 943. The van der Waals surface area contributed by atoms with Crippen LogP contribution in [0.4, 0.5) is 5.69 Å². The first-order chi connectivity index (χ1) is 12.5. The Kier molecular flexibility index (Phi) is 5.60. The predicted octanol–water partition coefficient (Wildman–Crippen LogP) is 3.68. The number of nitrogens with zero attached hydrogens (tertiary/aromatic N) is 2. The number of anilines is 1. The van der Waals surface area contributed by atoms with Crippen LogP contribution in [0.3, 0.4) is 0 Å². The van der Waals surface area contributed by atoms with E-state index in [1.165, 1.54) is 17.4 Å². The number of pyridine rings is 1. The van der Waals surface area contributed by atoms with E-state index >= 15 is 0 Å². The molecular formula is C18H15ClN4O2S. The number of aryl methyl sites for hydroxylation is 1. The number of carbonyl (C=O) groups is 2. The van der Waals surface area contributed by atoms with Crippen molar-refractivity contribution in [2.45, 2.75) is 13.5 Å². The molecule has 0 spiro atoms. The fourth-order valence-corrected chi connectivity index (χ4v) is 3.07. The van der Waals surface area contributed by atoms with E-state index in [1.807, 2.05) is 25.1 Å². The summed E-state index contributed by atoms with van der Waals surface area (Å²) in [6.45, 7) is 2.13. The molecule has 0 aliphatic rings. The van der Waals surface area contributed by atoms with E-state index in [2.05, 4.69) is 20.6 Å². The Balaban J connectivity index is 1.65. The molecule has 3 rings (SSSR count). The van der Waals surface area contributed by atoms with Crippen LogP contribution in [0, 0.1) is 6.92 Å². The van der Waals surface area contributed by atoms with Gasteiger partial charge in [0.05, 0.1) is 27.8 Å². The first-order valence-corrected chi connectivity index (χ1v) is 9.00. The van der Waals surface area contributed by atoms with Crippen LogP contribution in [0.25, 0.3) is 0 Å². The standard InChI is InChI=1S/C18H15ClN4O2S/c1-11-22-16(10-26-11)18(25)23-12-5-6-14(15(19)8-12)17(24)21-9-13-4-2-3-7-20-13/h2-8,10H,9H2,1H3,(H,21,24)(H,23,25). The minimum Gasteiger partial charge on any atom is -0.346 e. The van der Waals surface area contributed by atoms with Gasteiger partial charge in [-0.3, -0.25) is 14.6 Å². The second-order valence-electron chi connectivity index (χ2n) is 5.40. The van der Waals surface area contributed by atoms with Gasteiger partial charge in [0.1, 0.15) is 5.69 Å². The van der Waals surface area contributed by atoms with E-state index in [1.54, 1.807) is 23.7 Å². The van der Waals surface area contributed by atoms with Crippen LogP contribution < -0.4 is 10.6 Å². The van der Waals surface area contributed by atoms with Gasteiger partial charge in [0.25, 0.3) is 11.8 Å². The van der Waals surface area contributed by atoms with Gasteiger partial charge in [-0.05, 0) is 37.3 Å². The summed E-state index contributed by atoms with van der Waals surface area (Å²) in [4.78, 5) is 32.7. The maximum absolute atomic E-state index is 12.3. The van der Waals surface area contributed by atoms with E-state index in [-0.39, 0.29) is 16.8 Å². The number of rotatable bonds is 5. The smallest absolute Gasteiger partial charge is 0.275 e. The molecule has 0 saturated carbocycles. The molecule has 132 valence electrons. The number of aromatic nitrogens is 2. The average molecular weight is 387 g/mol. The number of benzene rings is 1. The molecule has 0 atom stereocenters. The van der Waals surface area contributed by atoms with Gasteiger partial charge in [-0.15, -0.1) is 11.3 Å². The highest BCUT2D eigenvalue weighted by molar-refractivity contribution is 7.09. The van der Waals surface area contributed by atoms with Crippen LogP contribution in [0.2, 0.25) is 5.02 Å². The minimum atomic E-state index is -0.322. The van der Waals surface area contributed by atoms with E-state index < -0.39 is 0 Å². The number of hydrogen-bond donors (Lipinski definition) is 2. The highest BCUT2D eigenvalue weighted by Crippen LogP contribution is 2.22. The molecule has 0 aliphatic carbocycles. The van der Waals surface area contributed by atoms with Crippen molar-refractivity contribution in [2.75, 3.05) is 5.32 Å². The maximum Gasteiger partial charge on any atom is 0.275 e. The van der Waals surface area contributed by atoms with Gasteiger partial charge in [0, 0.05) is 17.3 Å². The Hall–Kier alpha value is -2.77. The molecule has 0 saturated heterocycles. The largest absolute Gasteiger partial charge is 0.346 e. The molecule has 0 aliphatic heterocycles. The molecule has 2 heterocycles. The Morgan fingerprint density at radius 2 is 2.04 bits per heavy atom. The summed E-state index contributed by atoms with van der Waals surface area (Å²) in [6.07, 6.45) is 1.66. The lowest BCUT2D eigenvalue weighted by atomic mass is 10.2. The quantitative estimate of drug-likeness (QED) is 0.700. The van der Waals surface area contributed by atoms with E-state index in [4.69, 9.17) is 11.6 Å². The molecule has 2 amide bonds. The van der Waals surface area contributed by atoms with Crippen molar-refractivity contribution in [2.24, 2.45) is 0 Å². The molecule has 1 aromatic carbocycles. The van der Waals surface area contributed by atoms with Crippen LogP contribution in [-0.2, 0) is 6.54 Å². The van der Waals surface area contributed by atoms with Gasteiger partial charge in [-0.2, -0.15) is 0 Å².